The zero-order valence-corrected chi connectivity index (χ0v) is 14.1. The summed E-state index contributed by atoms with van der Waals surface area (Å²) in [6, 6.07) is 3.78. The molecule has 0 heterocycles. The number of hydrogen-bond donors (Lipinski definition) is 3. The zero-order valence-electron chi connectivity index (χ0n) is 13.3. The molecular weight excluding hydrogens is 324 g/mol. The fraction of sp³-hybridized carbons (Fsp3) is 0.500. The third-order valence-corrected chi connectivity index (χ3v) is 4.41. The summed E-state index contributed by atoms with van der Waals surface area (Å²) in [6.07, 6.45) is 0. The Morgan fingerprint density at radius 1 is 1.30 bits per heavy atom. The third kappa shape index (κ3) is 5.79. The number of methoxy groups -OCH3 is 2. The van der Waals surface area contributed by atoms with E-state index in [1.165, 1.54) is 26.4 Å². The van der Waals surface area contributed by atoms with Crippen molar-refractivity contribution in [1.82, 2.24) is 4.72 Å². The first-order valence-corrected chi connectivity index (χ1v) is 8.41. The molecule has 3 N–H and O–H groups in total. The van der Waals surface area contributed by atoms with Gasteiger partial charge in [-0.3, -0.25) is 0 Å². The van der Waals surface area contributed by atoms with E-state index in [2.05, 4.69) is 10.0 Å². The van der Waals surface area contributed by atoms with Crippen LogP contribution in [0, 0.1) is 0 Å². The van der Waals surface area contributed by atoms with Gasteiger partial charge in [-0.2, -0.15) is 0 Å². The minimum atomic E-state index is -3.79. The van der Waals surface area contributed by atoms with Crippen molar-refractivity contribution in [2.24, 2.45) is 0 Å². The van der Waals surface area contributed by atoms with Crippen molar-refractivity contribution < 1.29 is 27.8 Å². The highest BCUT2D eigenvalue weighted by Crippen LogP contribution is 2.21. The monoisotopic (exact) mass is 346 g/mol. The lowest BCUT2D eigenvalue weighted by Gasteiger charge is -2.17. The number of anilines is 1. The summed E-state index contributed by atoms with van der Waals surface area (Å²) in [4.78, 5) is 11.3. The molecule has 0 unspecified atom stereocenters. The molecule has 0 saturated carbocycles. The van der Waals surface area contributed by atoms with Crippen molar-refractivity contribution >= 4 is 21.7 Å². The molecule has 9 heteroatoms. The number of sulfonamides is 1. The van der Waals surface area contributed by atoms with E-state index in [0.717, 1.165) is 6.07 Å². The second-order valence-electron chi connectivity index (χ2n) is 4.90. The Kier molecular flexibility index (Phi) is 7.43. The number of benzene rings is 1. The van der Waals surface area contributed by atoms with Crippen molar-refractivity contribution in [3.63, 3.8) is 0 Å². The van der Waals surface area contributed by atoms with Crippen LogP contribution in [0.25, 0.3) is 0 Å². The van der Waals surface area contributed by atoms with Gasteiger partial charge >= 0.3 is 5.97 Å². The smallest absolute Gasteiger partial charge is 0.337 e. The van der Waals surface area contributed by atoms with Crippen LogP contribution in [0.1, 0.15) is 17.3 Å². The molecule has 23 heavy (non-hydrogen) atoms. The predicted molar refractivity (Wildman–Crippen MR) is 85.4 cm³/mol. The van der Waals surface area contributed by atoms with E-state index in [0.29, 0.717) is 12.3 Å². The van der Waals surface area contributed by atoms with Crippen LogP contribution in [-0.2, 0) is 19.5 Å². The van der Waals surface area contributed by atoms with Crippen molar-refractivity contribution in [1.29, 1.82) is 0 Å². The minimum absolute atomic E-state index is 0.103. The van der Waals surface area contributed by atoms with Gasteiger partial charge < -0.3 is 19.9 Å². The second-order valence-corrected chi connectivity index (χ2v) is 6.67. The molecule has 130 valence electrons. The molecule has 0 spiro atoms. The molecule has 0 aromatic heterocycles. The van der Waals surface area contributed by atoms with Crippen molar-refractivity contribution in [3.05, 3.63) is 23.8 Å². The van der Waals surface area contributed by atoms with Crippen LogP contribution >= 0.6 is 0 Å². The fourth-order valence-electron chi connectivity index (χ4n) is 1.91. The maximum absolute atomic E-state index is 12.1. The molecule has 8 nitrogen and oxygen atoms in total. The molecule has 1 aromatic rings. The van der Waals surface area contributed by atoms with Crippen LogP contribution in [0.2, 0.25) is 0 Å². The Bertz CT molecular complexity index is 632. The third-order valence-electron chi connectivity index (χ3n) is 2.95. The van der Waals surface area contributed by atoms with Crippen LogP contribution in [0.3, 0.4) is 0 Å². The lowest BCUT2D eigenvalue weighted by Crippen LogP contribution is -2.27. The maximum atomic E-state index is 12.1. The van der Waals surface area contributed by atoms with E-state index in [-0.39, 0.29) is 29.7 Å². The molecule has 1 atom stereocenters. The van der Waals surface area contributed by atoms with Crippen LogP contribution in [0.4, 0.5) is 5.69 Å². The molecule has 0 radical (unpaired) electrons. The Hall–Kier alpha value is -1.68. The van der Waals surface area contributed by atoms with E-state index in [4.69, 9.17) is 9.47 Å². The summed E-state index contributed by atoms with van der Waals surface area (Å²) in [5.41, 5.74) is 0.209. The standard InChI is InChI=1S/C14H22N2O6S/c1-10(9-22-3)16-13-5-4-11(8-12(13)14(17)18)23(19,20)15-6-7-21-2/h4-5,8,10,15-16H,6-7,9H2,1-3H3,(H,17,18)/t10-/m1/s1. The number of rotatable bonds is 10. The average Bonchev–Trinajstić information content (AvgIpc) is 2.47. The summed E-state index contributed by atoms with van der Waals surface area (Å²) in [5.74, 6) is -1.22. The van der Waals surface area contributed by atoms with Gasteiger partial charge in [-0.1, -0.05) is 0 Å². The van der Waals surface area contributed by atoms with Crippen molar-refractivity contribution in [2.45, 2.75) is 17.9 Å². The Labute approximate surface area is 135 Å². The number of carbonyl (C=O) groups is 1. The number of carboxylic acids is 1. The summed E-state index contributed by atoms with van der Waals surface area (Å²) in [6.45, 7) is 2.54. The zero-order chi connectivity index (χ0) is 17.5. The largest absolute Gasteiger partial charge is 0.478 e. The summed E-state index contributed by atoms with van der Waals surface area (Å²) in [5, 5.41) is 12.3. The van der Waals surface area contributed by atoms with Crippen molar-refractivity contribution in [2.75, 3.05) is 39.3 Å². The van der Waals surface area contributed by atoms with Gasteiger partial charge in [-0.05, 0) is 25.1 Å². The SMILES string of the molecule is COCCNS(=O)(=O)c1ccc(N[C@H](C)COC)c(C(=O)O)c1. The molecule has 0 aliphatic heterocycles. The van der Waals surface area contributed by atoms with Gasteiger partial charge in [0.25, 0.3) is 0 Å². The van der Waals surface area contributed by atoms with Crippen LogP contribution < -0.4 is 10.0 Å². The Balaban J connectivity index is 3.05. The van der Waals surface area contributed by atoms with Gasteiger partial charge in [-0.25, -0.2) is 17.9 Å². The molecule has 1 aromatic carbocycles. The summed E-state index contributed by atoms with van der Waals surface area (Å²) in [7, 11) is -0.794. The van der Waals surface area contributed by atoms with Gasteiger partial charge in [0.2, 0.25) is 10.0 Å². The molecule has 0 bridgehead atoms. The Morgan fingerprint density at radius 3 is 2.57 bits per heavy atom. The van der Waals surface area contributed by atoms with Gasteiger partial charge in [0.15, 0.2) is 0 Å². The number of aromatic carboxylic acids is 1. The lowest BCUT2D eigenvalue weighted by atomic mass is 10.1. The molecular formula is C14H22N2O6S. The highest BCUT2D eigenvalue weighted by molar-refractivity contribution is 7.89. The Morgan fingerprint density at radius 2 is 2.00 bits per heavy atom. The van der Waals surface area contributed by atoms with E-state index < -0.39 is 16.0 Å². The normalized spacial score (nSPS) is 12.8. The molecule has 0 aliphatic rings. The number of ether oxygens (including phenoxy) is 2. The predicted octanol–water partition coefficient (Wildman–Crippen LogP) is 0.756. The molecule has 0 aliphatic carbocycles. The van der Waals surface area contributed by atoms with Gasteiger partial charge in [0.05, 0.1) is 23.7 Å². The fourth-order valence-corrected chi connectivity index (χ4v) is 2.95. The number of hydrogen-bond acceptors (Lipinski definition) is 6. The topological polar surface area (TPSA) is 114 Å². The van der Waals surface area contributed by atoms with E-state index in [9.17, 15) is 18.3 Å². The minimum Gasteiger partial charge on any atom is -0.478 e. The van der Waals surface area contributed by atoms with Crippen molar-refractivity contribution in [3.8, 4) is 0 Å². The average molecular weight is 346 g/mol. The first-order valence-electron chi connectivity index (χ1n) is 6.93. The van der Waals surface area contributed by atoms with Gasteiger partial charge in [-0.15, -0.1) is 0 Å². The van der Waals surface area contributed by atoms with Crippen LogP contribution in [0.15, 0.2) is 23.1 Å². The van der Waals surface area contributed by atoms with E-state index in [1.54, 1.807) is 0 Å². The van der Waals surface area contributed by atoms with E-state index >= 15 is 0 Å². The lowest BCUT2D eigenvalue weighted by molar-refractivity contribution is 0.0697. The highest BCUT2D eigenvalue weighted by atomic mass is 32.2. The number of carboxylic acid groups (broad SMARTS) is 1. The number of nitrogens with one attached hydrogen (secondary N) is 2. The molecule has 0 fully saturated rings. The quantitative estimate of drug-likeness (QED) is 0.536. The van der Waals surface area contributed by atoms with Crippen LogP contribution in [0.5, 0.6) is 0 Å². The highest BCUT2D eigenvalue weighted by Gasteiger charge is 2.19. The molecule has 1 rings (SSSR count). The van der Waals surface area contributed by atoms with Crippen LogP contribution in [-0.4, -0.2) is 59.5 Å². The summed E-state index contributed by atoms with van der Waals surface area (Å²) < 4.78 is 36.3. The van der Waals surface area contributed by atoms with Gasteiger partial charge in [0, 0.05) is 32.5 Å². The van der Waals surface area contributed by atoms with Gasteiger partial charge in [0.1, 0.15) is 0 Å². The molecule has 0 amide bonds. The van der Waals surface area contributed by atoms with E-state index in [1.807, 2.05) is 6.92 Å². The first-order chi connectivity index (χ1) is 10.8. The summed E-state index contributed by atoms with van der Waals surface area (Å²) >= 11 is 0. The first kappa shape index (κ1) is 19.4. The second kappa shape index (κ2) is 8.82. The molecule has 0 saturated heterocycles. The maximum Gasteiger partial charge on any atom is 0.337 e.